The number of rotatable bonds is 5. The van der Waals surface area contributed by atoms with Crippen molar-refractivity contribution in [1.82, 2.24) is 9.88 Å². The lowest BCUT2D eigenvalue weighted by Crippen LogP contribution is -2.32. The summed E-state index contributed by atoms with van der Waals surface area (Å²) in [6.07, 6.45) is 1.19. The van der Waals surface area contributed by atoms with Crippen molar-refractivity contribution in [3.63, 3.8) is 0 Å². The highest BCUT2D eigenvalue weighted by molar-refractivity contribution is 7.09. The highest BCUT2D eigenvalue weighted by Crippen LogP contribution is 2.35. The number of para-hydroxylation sites is 1. The lowest BCUT2D eigenvalue weighted by molar-refractivity contribution is 0.0729. The Balaban J connectivity index is 1.73. The molecule has 3 heterocycles. The predicted molar refractivity (Wildman–Crippen MR) is 99.8 cm³/mol. The number of nitrogens with two attached hydrogens (primary N) is 1. The molecule has 1 aromatic carbocycles. The van der Waals surface area contributed by atoms with Crippen LogP contribution in [-0.4, -0.2) is 21.7 Å². The van der Waals surface area contributed by atoms with E-state index in [4.69, 9.17) is 5.73 Å². The molecule has 0 fully saturated rings. The third-order valence-corrected chi connectivity index (χ3v) is 5.15. The fraction of sp³-hybridized carbons (Fsp3) is 0.105. The average Bonchev–Trinajstić information content (AvgIpc) is 3.25. The van der Waals surface area contributed by atoms with Gasteiger partial charge in [-0.3, -0.25) is 14.6 Å². The van der Waals surface area contributed by atoms with E-state index in [-0.39, 0.29) is 5.91 Å². The largest absolute Gasteiger partial charge is 0.366 e. The molecule has 130 valence electrons. The van der Waals surface area contributed by atoms with E-state index in [1.54, 1.807) is 52.8 Å². The molecule has 26 heavy (non-hydrogen) atoms. The first-order chi connectivity index (χ1) is 12.6. The molecule has 3 N–H and O–H groups in total. The van der Waals surface area contributed by atoms with Gasteiger partial charge >= 0.3 is 0 Å². The zero-order valence-corrected chi connectivity index (χ0v) is 14.6. The zero-order chi connectivity index (χ0) is 18.1. The van der Waals surface area contributed by atoms with Crippen LogP contribution in [-0.2, 0) is 6.54 Å². The Morgan fingerprint density at radius 3 is 2.81 bits per heavy atom. The molecule has 1 aliphatic heterocycles. The predicted octanol–water partition coefficient (Wildman–Crippen LogP) is 3.01. The molecule has 7 heteroatoms. The number of nitrogens with zero attached hydrogens (tertiary/aromatic N) is 2. The van der Waals surface area contributed by atoms with Gasteiger partial charge in [-0.2, -0.15) is 0 Å². The van der Waals surface area contributed by atoms with Gasteiger partial charge in [-0.25, -0.2) is 0 Å². The van der Waals surface area contributed by atoms with E-state index in [0.717, 1.165) is 4.88 Å². The first-order valence-electron chi connectivity index (χ1n) is 8.09. The number of primary amides is 1. The van der Waals surface area contributed by atoms with Crippen LogP contribution in [0.25, 0.3) is 0 Å². The van der Waals surface area contributed by atoms with Gasteiger partial charge in [-0.1, -0.05) is 18.2 Å². The standard InChI is InChI=1S/C19H16N4O2S/c20-17(24)13-6-1-2-8-15(13)22-18-16-14(7-3-9-21-16)19(25)23(18)11-12-5-4-10-26-12/h1-10,18,22H,11H2,(H2,20,24)/t18-/m1/s1. The van der Waals surface area contributed by atoms with Crippen LogP contribution in [0.3, 0.4) is 0 Å². The van der Waals surface area contributed by atoms with E-state index < -0.39 is 12.1 Å². The summed E-state index contributed by atoms with van der Waals surface area (Å²) in [6, 6.07) is 14.5. The number of aromatic nitrogens is 1. The van der Waals surface area contributed by atoms with Crippen LogP contribution in [0.1, 0.15) is 37.5 Å². The lowest BCUT2D eigenvalue weighted by Gasteiger charge is -2.26. The van der Waals surface area contributed by atoms with Crippen LogP contribution in [0.5, 0.6) is 0 Å². The molecule has 0 saturated carbocycles. The second-order valence-corrected chi connectivity index (χ2v) is 6.94. The molecule has 0 radical (unpaired) electrons. The van der Waals surface area contributed by atoms with Crippen molar-refractivity contribution in [2.24, 2.45) is 5.73 Å². The van der Waals surface area contributed by atoms with Crippen LogP contribution in [0.15, 0.2) is 60.1 Å². The normalized spacial score (nSPS) is 15.8. The van der Waals surface area contributed by atoms with Crippen molar-refractivity contribution >= 4 is 28.8 Å². The quantitative estimate of drug-likeness (QED) is 0.728. The van der Waals surface area contributed by atoms with E-state index in [0.29, 0.717) is 29.1 Å². The van der Waals surface area contributed by atoms with Gasteiger partial charge in [-0.05, 0) is 35.7 Å². The summed E-state index contributed by atoms with van der Waals surface area (Å²) in [7, 11) is 0. The molecule has 1 aliphatic rings. The first kappa shape index (κ1) is 16.3. The van der Waals surface area contributed by atoms with Crippen molar-refractivity contribution in [3.05, 3.63) is 81.8 Å². The minimum Gasteiger partial charge on any atom is -0.366 e. The summed E-state index contributed by atoms with van der Waals surface area (Å²) < 4.78 is 0. The maximum absolute atomic E-state index is 12.9. The maximum atomic E-state index is 12.9. The first-order valence-corrected chi connectivity index (χ1v) is 8.97. The summed E-state index contributed by atoms with van der Waals surface area (Å²) in [6.45, 7) is 0.462. The molecule has 3 aromatic rings. The molecular formula is C19H16N4O2S. The minimum atomic E-state index is -0.525. The number of thiophene rings is 1. The zero-order valence-electron chi connectivity index (χ0n) is 13.8. The molecule has 0 unspecified atom stereocenters. The monoisotopic (exact) mass is 364 g/mol. The number of nitrogens with one attached hydrogen (secondary N) is 1. The third-order valence-electron chi connectivity index (χ3n) is 4.29. The summed E-state index contributed by atoms with van der Waals surface area (Å²) >= 11 is 1.59. The second kappa shape index (κ2) is 6.61. The molecule has 2 amide bonds. The Hall–Kier alpha value is -3.19. The second-order valence-electron chi connectivity index (χ2n) is 5.91. The number of hydrogen-bond donors (Lipinski definition) is 2. The molecule has 0 spiro atoms. The van der Waals surface area contributed by atoms with E-state index in [1.165, 1.54) is 0 Å². The van der Waals surface area contributed by atoms with Gasteiger partial charge in [-0.15, -0.1) is 11.3 Å². The lowest BCUT2D eigenvalue weighted by atomic mass is 10.1. The van der Waals surface area contributed by atoms with E-state index >= 15 is 0 Å². The van der Waals surface area contributed by atoms with Crippen LogP contribution < -0.4 is 11.1 Å². The summed E-state index contributed by atoms with van der Waals surface area (Å²) in [5.74, 6) is -0.612. The third kappa shape index (κ3) is 2.82. The Bertz CT molecular complexity index is 971. The summed E-state index contributed by atoms with van der Waals surface area (Å²) in [4.78, 5) is 31.8. The fourth-order valence-corrected chi connectivity index (χ4v) is 3.79. The number of hydrogen-bond acceptors (Lipinski definition) is 5. The van der Waals surface area contributed by atoms with Crippen LogP contribution in [0.2, 0.25) is 0 Å². The van der Waals surface area contributed by atoms with Crippen LogP contribution in [0, 0.1) is 0 Å². The maximum Gasteiger partial charge on any atom is 0.258 e. The Morgan fingerprint density at radius 2 is 2.04 bits per heavy atom. The number of amides is 2. The van der Waals surface area contributed by atoms with Gasteiger partial charge in [0.2, 0.25) is 0 Å². The highest BCUT2D eigenvalue weighted by atomic mass is 32.1. The van der Waals surface area contributed by atoms with Gasteiger partial charge in [0.15, 0.2) is 0 Å². The van der Waals surface area contributed by atoms with Crippen molar-refractivity contribution in [3.8, 4) is 0 Å². The van der Waals surface area contributed by atoms with Crippen molar-refractivity contribution in [2.45, 2.75) is 12.7 Å². The van der Waals surface area contributed by atoms with E-state index in [2.05, 4.69) is 10.3 Å². The molecule has 6 nitrogen and oxygen atoms in total. The summed E-state index contributed by atoms with van der Waals surface area (Å²) in [5, 5.41) is 5.26. The van der Waals surface area contributed by atoms with E-state index in [9.17, 15) is 9.59 Å². The number of fused-ring (bicyclic) bond motifs is 1. The Kier molecular flexibility index (Phi) is 4.14. The number of carbonyl (C=O) groups is 2. The minimum absolute atomic E-state index is 0.0874. The van der Waals surface area contributed by atoms with Crippen LogP contribution in [0.4, 0.5) is 5.69 Å². The Morgan fingerprint density at radius 1 is 1.19 bits per heavy atom. The van der Waals surface area contributed by atoms with Crippen molar-refractivity contribution < 1.29 is 9.59 Å². The highest BCUT2D eigenvalue weighted by Gasteiger charge is 2.38. The molecule has 0 saturated heterocycles. The van der Waals surface area contributed by atoms with Gasteiger partial charge in [0.25, 0.3) is 11.8 Å². The smallest absolute Gasteiger partial charge is 0.258 e. The molecule has 2 aromatic heterocycles. The van der Waals surface area contributed by atoms with Gasteiger partial charge in [0.05, 0.1) is 23.4 Å². The number of pyridine rings is 1. The number of benzene rings is 1. The van der Waals surface area contributed by atoms with Gasteiger partial charge < -0.3 is 16.0 Å². The molecule has 1 atom stereocenters. The SMILES string of the molecule is NC(=O)c1ccccc1N[C@H]1c2ncccc2C(=O)N1Cc1cccs1. The van der Waals surface area contributed by atoms with Crippen LogP contribution >= 0.6 is 11.3 Å². The Labute approximate surface area is 154 Å². The van der Waals surface area contributed by atoms with Crippen molar-refractivity contribution in [2.75, 3.05) is 5.32 Å². The van der Waals surface area contributed by atoms with Crippen molar-refractivity contribution in [1.29, 1.82) is 0 Å². The van der Waals surface area contributed by atoms with E-state index in [1.807, 2.05) is 23.6 Å². The fourth-order valence-electron chi connectivity index (χ4n) is 3.09. The average molecular weight is 364 g/mol. The molecule has 0 aliphatic carbocycles. The molecular weight excluding hydrogens is 348 g/mol. The number of anilines is 1. The summed E-state index contributed by atoms with van der Waals surface area (Å²) in [5.41, 5.74) is 7.65. The number of carbonyl (C=O) groups excluding carboxylic acids is 2. The topological polar surface area (TPSA) is 88.3 Å². The van der Waals surface area contributed by atoms with Gasteiger partial charge in [0.1, 0.15) is 6.17 Å². The molecule has 0 bridgehead atoms. The molecule has 4 rings (SSSR count). The van der Waals surface area contributed by atoms with Gasteiger partial charge in [0, 0.05) is 16.8 Å².